The number of benzene rings is 2. The third-order valence-electron chi connectivity index (χ3n) is 5.42. The Labute approximate surface area is 170 Å². The molecule has 1 N–H and O–H groups in total. The molecule has 3 aromatic rings. The zero-order valence-electron chi connectivity index (χ0n) is 16.2. The number of hydrogen-bond acceptors (Lipinski definition) is 3. The Bertz CT molecular complexity index is 931. The lowest BCUT2D eigenvalue weighted by Crippen LogP contribution is -2.43. The summed E-state index contributed by atoms with van der Waals surface area (Å²) in [5, 5.41) is 3.15. The minimum Gasteiger partial charge on any atom is -0.467 e. The van der Waals surface area contributed by atoms with Crippen molar-refractivity contribution in [3.05, 3.63) is 95.9 Å². The molecule has 148 valence electrons. The normalized spacial score (nSPS) is 15.7. The lowest BCUT2D eigenvalue weighted by Gasteiger charge is -2.32. The van der Waals surface area contributed by atoms with Crippen LogP contribution in [0.3, 0.4) is 0 Å². The minimum absolute atomic E-state index is 0.00191. The molecule has 2 aromatic carbocycles. The number of amides is 2. The van der Waals surface area contributed by atoms with Crippen molar-refractivity contribution in [2.75, 3.05) is 13.1 Å². The van der Waals surface area contributed by atoms with E-state index >= 15 is 0 Å². The number of rotatable bonds is 5. The van der Waals surface area contributed by atoms with Gasteiger partial charge in [0.15, 0.2) is 0 Å². The molecule has 1 aliphatic rings. The molecule has 1 saturated heterocycles. The van der Waals surface area contributed by atoms with Crippen LogP contribution in [0.1, 0.15) is 40.6 Å². The van der Waals surface area contributed by atoms with Crippen LogP contribution >= 0.6 is 0 Å². The van der Waals surface area contributed by atoms with Gasteiger partial charge in [0.25, 0.3) is 5.91 Å². The number of hydrogen-bond donors (Lipinski definition) is 1. The van der Waals surface area contributed by atoms with Gasteiger partial charge in [0.2, 0.25) is 5.91 Å². The fraction of sp³-hybridized carbons (Fsp3) is 0.250. The average Bonchev–Trinajstić information content (AvgIpc) is 3.33. The molecule has 0 bridgehead atoms. The Morgan fingerprint density at radius 3 is 2.17 bits per heavy atom. The third kappa shape index (κ3) is 4.40. The summed E-state index contributed by atoms with van der Waals surface area (Å²) in [6.45, 7) is 1.17. The van der Waals surface area contributed by atoms with Gasteiger partial charge in [0, 0.05) is 24.6 Å². The van der Waals surface area contributed by atoms with Crippen molar-refractivity contribution in [1.29, 1.82) is 0 Å². The van der Waals surface area contributed by atoms with Gasteiger partial charge in [-0.05, 0) is 42.7 Å². The summed E-state index contributed by atoms with van der Waals surface area (Å²) in [7, 11) is 0. The predicted octanol–water partition coefficient (Wildman–Crippen LogP) is 4.04. The Kier molecular flexibility index (Phi) is 5.75. The quantitative estimate of drug-likeness (QED) is 0.718. The summed E-state index contributed by atoms with van der Waals surface area (Å²) in [5.74, 6) is 0.626. The summed E-state index contributed by atoms with van der Waals surface area (Å²) in [5.41, 5.74) is 1.67. The van der Waals surface area contributed by atoms with Gasteiger partial charge in [-0.15, -0.1) is 0 Å². The van der Waals surface area contributed by atoms with Crippen molar-refractivity contribution in [1.82, 2.24) is 10.2 Å². The van der Waals surface area contributed by atoms with E-state index in [0.29, 0.717) is 37.3 Å². The van der Waals surface area contributed by atoms with Gasteiger partial charge in [-0.1, -0.05) is 48.5 Å². The van der Waals surface area contributed by atoms with Crippen molar-refractivity contribution in [3.8, 4) is 0 Å². The minimum atomic E-state index is -0.317. The molecule has 29 heavy (non-hydrogen) atoms. The SMILES string of the molecule is O=C(NC(c1ccccc1)c1ccco1)C1CCN(C(=O)c2ccccc2)CC1. The van der Waals surface area contributed by atoms with E-state index in [1.165, 1.54) is 0 Å². The van der Waals surface area contributed by atoms with E-state index in [1.807, 2.05) is 77.7 Å². The molecule has 1 fully saturated rings. The van der Waals surface area contributed by atoms with Crippen LogP contribution in [0, 0.1) is 5.92 Å². The van der Waals surface area contributed by atoms with Gasteiger partial charge in [0.1, 0.15) is 11.8 Å². The van der Waals surface area contributed by atoms with Crippen LogP contribution in [-0.2, 0) is 4.79 Å². The topological polar surface area (TPSA) is 62.6 Å². The number of carbonyl (C=O) groups excluding carboxylic acids is 2. The summed E-state index contributed by atoms with van der Waals surface area (Å²) < 4.78 is 5.57. The zero-order valence-corrected chi connectivity index (χ0v) is 16.2. The monoisotopic (exact) mass is 388 g/mol. The number of piperidine rings is 1. The molecule has 4 rings (SSSR count). The van der Waals surface area contributed by atoms with Crippen LogP contribution in [0.2, 0.25) is 0 Å². The zero-order chi connectivity index (χ0) is 20.1. The second kappa shape index (κ2) is 8.78. The maximum absolute atomic E-state index is 13.0. The van der Waals surface area contributed by atoms with Crippen LogP contribution in [-0.4, -0.2) is 29.8 Å². The molecule has 1 atom stereocenters. The number of furan rings is 1. The average molecular weight is 388 g/mol. The van der Waals surface area contributed by atoms with Crippen molar-refractivity contribution in [2.45, 2.75) is 18.9 Å². The summed E-state index contributed by atoms with van der Waals surface area (Å²) in [6, 6.07) is 22.5. The van der Waals surface area contributed by atoms with Gasteiger partial charge in [-0.3, -0.25) is 9.59 Å². The first-order valence-electron chi connectivity index (χ1n) is 9.95. The molecule has 0 aliphatic carbocycles. The number of likely N-dealkylation sites (tertiary alicyclic amines) is 1. The molecule has 1 aromatic heterocycles. The van der Waals surface area contributed by atoms with Gasteiger partial charge >= 0.3 is 0 Å². The van der Waals surface area contributed by atoms with Crippen LogP contribution in [0.25, 0.3) is 0 Å². The van der Waals surface area contributed by atoms with Crippen molar-refractivity contribution < 1.29 is 14.0 Å². The van der Waals surface area contributed by atoms with E-state index in [1.54, 1.807) is 6.26 Å². The summed E-state index contributed by atoms with van der Waals surface area (Å²) >= 11 is 0. The fourth-order valence-corrected chi connectivity index (χ4v) is 3.79. The standard InChI is InChI=1S/C24H24N2O3/c27-23(25-22(21-12-7-17-29-21)18-8-3-1-4-9-18)19-13-15-26(16-14-19)24(28)20-10-5-2-6-11-20/h1-12,17,19,22H,13-16H2,(H,25,27). The maximum atomic E-state index is 13.0. The lowest BCUT2D eigenvalue weighted by molar-refractivity contribution is -0.126. The Morgan fingerprint density at radius 1 is 0.897 bits per heavy atom. The molecular weight excluding hydrogens is 364 g/mol. The lowest BCUT2D eigenvalue weighted by atomic mass is 9.94. The van der Waals surface area contributed by atoms with Crippen LogP contribution in [0.15, 0.2) is 83.5 Å². The van der Waals surface area contributed by atoms with E-state index in [4.69, 9.17) is 4.42 Å². The Morgan fingerprint density at radius 2 is 1.55 bits per heavy atom. The number of nitrogens with zero attached hydrogens (tertiary/aromatic N) is 1. The molecule has 0 saturated carbocycles. The molecule has 1 unspecified atom stereocenters. The second-order valence-corrected chi connectivity index (χ2v) is 7.30. The van der Waals surface area contributed by atoms with Crippen LogP contribution in [0.5, 0.6) is 0 Å². The fourth-order valence-electron chi connectivity index (χ4n) is 3.79. The van der Waals surface area contributed by atoms with E-state index < -0.39 is 0 Å². The van der Waals surface area contributed by atoms with Crippen LogP contribution in [0.4, 0.5) is 0 Å². The van der Waals surface area contributed by atoms with E-state index in [-0.39, 0.29) is 23.8 Å². The first-order valence-corrected chi connectivity index (χ1v) is 9.95. The van der Waals surface area contributed by atoms with E-state index in [9.17, 15) is 9.59 Å². The van der Waals surface area contributed by atoms with Gasteiger partial charge in [0.05, 0.1) is 6.26 Å². The maximum Gasteiger partial charge on any atom is 0.253 e. The molecule has 0 spiro atoms. The molecule has 5 heteroatoms. The number of nitrogens with one attached hydrogen (secondary N) is 1. The summed E-state index contributed by atoms with van der Waals surface area (Å²) in [6.07, 6.45) is 2.93. The highest BCUT2D eigenvalue weighted by atomic mass is 16.3. The van der Waals surface area contributed by atoms with E-state index in [0.717, 1.165) is 5.56 Å². The second-order valence-electron chi connectivity index (χ2n) is 7.30. The Hall–Kier alpha value is -3.34. The van der Waals surface area contributed by atoms with Crippen molar-refractivity contribution >= 4 is 11.8 Å². The van der Waals surface area contributed by atoms with Gasteiger partial charge in [-0.25, -0.2) is 0 Å². The first-order chi connectivity index (χ1) is 14.2. The van der Waals surface area contributed by atoms with E-state index in [2.05, 4.69) is 5.32 Å². The smallest absolute Gasteiger partial charge is 0.253 e. The largest absolute Gasteiger partial charge is 0.467 e. The molecule has 5 nitrogen and oxygen atoms in total. The van der Waals surface area contributed by atoms with Crippen molar-refractivity contribution in [3.63, 3.8) is 0 Å². The van der Waals surface area contributed by atoms with Gasteiger partial charge in [-0.2, -0.15) is 0 Å². The molecule has 1 aliphatic heterocycles. The highest BCUT2D eigenvalue weighted by Crippen LogP contribution is 2.25. The van der Waals surface area contributed by atoms with Crippen molar-refractivity contribution in [2.24, 2.45) is 5.92 Å². The highest BCUT2D eigenvalue weighted by Gasteiger charge is 2.30. The molecular formula is C24H24N2O3. The molecule has 0 radical (unpaired) electrons. The molecule has 2 amide bonds. The van der Waals surface area contributed by atoms with Gasteiger partial charge < -0.3 is 14.6 Å². The number of carbonyl (C=O) groups is 2. The van der Waals surface area contributed by atoms with Crippen LogP contribution < -0.4 is 5.32 Å². The third-order valence-corrected chi connectivity index (χ3v) is 5.42. The Balaban J connectivity index is 1.39. The highest BCUT2D eigenvalue weighted by molar-refractivity contribution is 5.94. The summed E-state index contributed by atoms with van der Waals surface area (Å²) in [4.78, 5) is 27.4. The molecule has 2 heterocycles. The predicted molar refractivity (Wildman–Crippen MR) is 110 cm³/mol. The first kappa shape index (κ1) is 19.0.